The van der Waals surface area contributed by atoms with Crippen molar-refractivity contribution >= 4 is 50.6 Å². The number of hydrogen-bond donors (Lipinski definition) is 0. The minimum atomic E-state index is -3.18. The molecule has 0 fully saturated rings. The Morgan fingerprint density at radius 2 is 0.940 bits per heavy atom. The lowest BCUT2D eigenvalue weighted by atomic mass is 9.98. The number of nitriles is 3. The summed E-state index contributed by atoms with van der Waals surface area (Å²) in [6.45, 7) is 0. The van der Waals surface area contributed by atoms with Crippen molar-refractivity contribution in [1.29, 1.82) is 15.8 Å². The van der Waals surface area contributed by atoms with Crippen LogP contribution in [0.15, 0.2) is 170 Å². The monoisotopic (exact) mass is 652 g/mol. The molecule has 8 aromatic rings. The molecule has 0 saturated heterocycles. The van der Waals surface area contributed by atoms with E-state index >= 15 is 0 Å². The van der Waals surface area contributed by atoms with Crippen molar-refractivity contribution < 1.29 is 0 Å². The lowest BCUT2D eigenvalue weighted by Gasteiger charge is -2.35. The van der Waals surface area contributed by atoms with Gasteiger partial charge in [-0.05, 0) is 68.8 Å². The minimum Gasteiger partial charge on any atom is -0.309 e. The van der Waals surface area contributed by atoms with Crippen molar-refractivity contribution in [2.75, 3.05) is 0 Å². The first kappa shape index (κ1) is 30.4. The van der Waals surface area contributed by atoms with Crippen LogP contribution in [0.25, 0.3) is 38.6 Å². The van der Waals surface area contributed by atoms with Crippen LogP contribution in [-0.4, -0.2) is 12.6 Å². The molecule has 7 aromatic carbocycles. The fourth-order valence-electron chi connectivity index (χ4n) is 7.59. The largest absolute Gasteiger partial charge is 0.309 e. The van der Waals surface area contributed by atoms with E-state index in [-0.39, 0.29) is 0 Å². The van der Waals surface area contributed by atoms with E-state index in [2.05, 4.69) is 77.4 Å². The average molecular weight is 653 g/mol. The molecule has 0 spiro atoms. The molecule has 0 bridgehead atoms. The summed E-state index contributed by atoms with van der Waals surface area (Å²) in [7, 11) is -3.18. The standard InChI is InChI=1S/C45H28N4Si/c46-29-32-24-25-44-41(26-32)40-21-11-13-23-43(40)49(44)42-22-12-10-20-39(42)33-27-34(30-47)45(35(28-33)31-48)50(36-14-4-1-5-15-36,37-16-6-2-7-17-37)38-18-8-3-9-19-38/h1-28H. The lowest BCUT2D eigenvalue weighted by Crippen LogP contribution is -2.75. The third-order valence-corrected chi connectivity index (χ3v) is 14.5. The van der Waals surface area contributed by atoms with Gasteiger partial charge < -0.3 is 4.57 Å². The van der Waals surface area contributed by atoms with Crippen molar-refractivity contribution in [1.82, 2.24) is 4.57 Å². The van der Waals surface area contributed by atoms with E-state index in [0.29, 0.717) is 16.7 Å². The molecule has 0 aliphatic rings. The van der Waals surface area contributed by atoms with Gasteiger partial charge in [-0.1, -0.05) is 127 Å². The summed E-state index contributed by atoms with van der Waals surface area (Å²) in [5.41, 5.74) is 6.15. The molecule has 0 N–H and O–H groups in total. The summed E-state index contributed by atoms with van der Waals surface area (Å²) in [5.74, 6) is 0. The zero-order valence-corrected chi connectivity index (χ0v) is 28.0. The molecule has 0 atom stereocenters. The van der Waals surface area contributed by atoms with Crippen LogP contribution in [0, 0.1) is 34.0 Å². The Labute approximate surface area is 291 Å². The molecule has 5 heteroatoms. The fraction of sp³-hybridized carbons (Fsp3) is 0. The van der Waals surface area contributed by atoms with Gasteiger partial charge in [0.1, 0.15) is 0 Å². The normalized spacial score (nSPS) is 11.1. The van der Waals surface area contributed by atoms with Gasteiger partial charge in [-0.15, -0.1) is 0 Å². The van der Waals surface area contributed by atoms with Crippen molar-refractivity contribution in [3.05, 3.63) is 187 Å². The Kier molecular flexibility index (Phi) is 7.63. The van der Waals surface area contributed by atoms with Crippen LogP contribution in [0.5, 0.6) is 0 Å². The molecule has 0 saturated carbocycles. The molecular weight excluding hydrogens is 625 g/mol. The molecule has 4 nitrogen and oxygen atoms in total. The lowest BCUT2D eigenvalue weighted by molar-refractivity contribution is 1.18. The molecule has 8 rings (SSSR count). The third kappa shape index (κ3) is 4.72. The number of fused-ring (bicyclic) bond motifs is 3. The van der Waals surface area contributed by atoms with Crippen molar-refractivity contribution in [2.45, 2.75) is 0 Å². The zero-order chi connectivity index (χ0) is 34.1. The third-order valence-electron chi connectivity index (χ3n) is 9.63. The van der Waals surface area contributed by atoms with Crippen LogP contribution in [0.1, 0.15) is 16.7 Å². The summed E-state index contributed by atoms with van der Waals surface area (Å²) >= 11 is 0. The summed E-state index contributed by atoms with van der Waals surface area (Å²) in [4.78, 5) is 0. The predicted octanol–water partition coefficient (Wildman–Crippen LogP) is 7.44. The Hall–Kier alpha value is -6.97. The molecule has 1 heterocycles. The maximum atomic E-state index is 11.0. The smallest absolute Gasteiger partial charge is 0.182 e. The molecule has 0 aliphatic carbocycles. The number of nitrogens with zero attached hydrogens (tertiary/aromatic N) is 4. The van der Waals surface area contributed by atoms with Gasteiger partial charge in [0.05, 0.1) is 51.6 Å². The number of hydrogen-bond acceptors (Lipinski definition) is 3. The van der Waals surface area contributed by atoms with Gasteiger partial charge >= 0.3 is 0 Å². The molecular formula is C45H28N4Si. The summed E-state index contributed by atoms with van der Waals surface area (Å²) in [5, 5.41) is 37.9. The second-order valence-electron chi connectivity index (χ2n) is 12.2. The second-order valence-corrected chi connectivity index (χ2v) is 16.0. The molecule has 0 unspecified atom stereocenters. The maximum absolute atomic E-state index is 11.0. The highest BCUT2D eigenvalue weighted by atomic mass is 28.3. The average Bonchev–Trinajstić information content (AvgIpc) is 3.52. The zero-order valence-electron chi connectivity index (χ0n) is 27.0. The SMILES string of the molecule is N#Cc1ccc2c(c1)c1ccccc1n2-c1ccccc1-c1cc(C#N)c([Si](c2ccccc2)(c2ccccc2)c2ccccc2)c(C#N)c1. The maximum Gasteiger partial charge on any atom is 0.182 e. The Balaban J connectivity index is 1.45. The van der Waals surface area contributed by atoms with Crippen molar-refractivity contribution in [3.8, 4) is 35.0 Å². The van der Waals surface area contributed by atoms with E-state index in [1.54, 1.807) is 0 Å². The van der Waals surface area contributed by atoms with Crippen molar-refractivity contribution in [3.63, 3.8) is 0 Å². The molecule has 0 radical (unpaired) electrons. The molecule has 232 valence electrons. The quantitative estimate of drug-likeness (QED) is 0.138. The van der Waals surface area contributed by atoms with Gasteiger partial charge in [0.15, 0.2) is 8.07 Å². The highest BCUT2D eigenvalue weighted by molar-refractivity contribution is 7.20. The van der Waals surface area contributed by atoms with Crippen molar-refractivity contribution in [2.24, 2.45) is 0 Å². The van der Waals surface area contributed by atoms with Gasteiger partial charge in [-0.3, -0.25) is 0 Å². The van der Waals surface area contributed by atoms with Crippen LogP contribution >= 0.6 is 0 Å². The van der Waals surface area contributed by atoms with E-state index in [0.717, 1.165) is 59.4 Å². The minimum absolute atomic E-state index is 0.484. The topological polar surface area (TPSA) is 76.3 Å². The van der Waals surface area contributed by atoms with E-state index in [1.165, 1.54) is 0 Å². The van der Waals surface area contributed by atoms with Gasteiger partial charge in [0, 0.05) is 16.3 Å². The number of rotatable bonds is 6. The molecule has 0 amide bonds. The highest BCUT2D eigenvalue weighted by Crippen LogP contribution is 2.37. The van der Waals surface area contributed by atoms with E-state index < -0.39 is 8.07 Å². The van der Waals surface area contributed by atoms with E-state index in [4.69, 9.17) is 0 Å². The Morgan fingerprint density at radius 3 is 1.50 bits per heavy atom. The first-order valence-electron chi connectivity index (χ1n) is 16.4. The van der Waals surface area contributed by atoms with Crippen LogP contribution in [0.2, 0.25) is 0 Å². The summed E-state index contributed by atoms with van der Waals surface area (Å²) in [6, 6.07) is 64.5. The molecule has 1 aromatic heterocycles. The predicted molar refractivity (Wildman–Crippen MR) is 204 cm³/mol. The Bertz CT molecular complexity index is 2540. The second kappa shape index (κ2) is 12.6. The Morgan fingerprint density at radius 1 is 0.440 bits per heavy atom. The van der Waals surface area contributed by atoms with E-state index in [1.807, 2.05) is 115 Å². The highest BCUT2D eigenvalue weighted by Gasteiger charge is 2.45. The number of para-hydroxylation sites is 2. The van der Waals surface area contributed by atoms with Crippen LogP contribution in [0.3, 0.4) is 0 Å². The molecule has 50 heavy (non-hydrogen) atoms. The van der Waals surface area contributed by atoms with Gasteiger partial charge in [-0.2, -0.15) is 15.8 Å². The van der Waals surface area contributed by atoms with Crippen LogP contribution in [0.4, 0.5) is 0 Å². The van der Waals surface area contributed by atoms with E-state index in [9.17, 15) is 15.8 Å². The summed E-state index contributed by atoms with van der Waals surface area (Å²) in [6.07, 6.45) is 0. The van der Waals surface area contributed by atoms with Crippen LogP contribution < -0.4 is 20.7 Å². The fourth-order valence-corrected chi connectivity index (χ4v) is 12.6. The number of benzene rings is 7. The first-order chi connectivity index (χ1) is 24.7. The van der Waals surface area contributed by atoms with Crippen LogP contribution in [-0.2, 0) is 0 Å². The van der Waals surface area contributed by atoms with Gasteiger partial charge in [-0.25, -0.2) is 0 Å². The first-order valence-corrected chi connectivity index (χ1v) is 18.4. The van der Waals surface area contributed by atoms with Gasteiger partial charge in [0.2, 0.25) is 0 Å². The summed E-state index contributed by atoms with van der Waals surface area (Å²) < 4.78 is 2.21. The molecule has 0 aliphatic heterocycles. The van der Waals surface area contributed by atoms with Gasteiger partial charge in [0.25, 0.3) is 0 Å². The number of aromatic nitrogens is 1.